The molecule has 0 radical (unpaired) electrons. The van der Waals surface area contributed by atoms with Gasteiger partial charge in [-0.3, -0.25) is 15.6 Å². The summed E-state index contributed by atoms with van der Waals surface area (Å²) in [6.07, 6.45) is -0.302. The molecule has 0 aliphatic carbocycles. The van der Waals surface area contributed by atoms with Gasteiger partial charge in [-0.1, -0.05) is 29.8 Å². The van der Waals surface area contributed by atoms with E-state index in [1.54, 1.807) is 35.1 Å². The number of hydrazine groups is 1. The van der Waals surface area contributed by atoms with Crippen LogP contribution in [0.15, 0.2) is 29.6 Å². The van der Waals surface area contributed by atoms with Crippen LogP contribution in [-0.2, 0) is 11.2 Å². The third-order valence-electron chi connectivity index (χ3n) is 3.53. The van der Waals surface area contributed by atoms with Gasteiger partial charge < -0.3 is 0 Å². The summed E-state index contributed by atoms with van der Waals surface area (Å²) in [5.41, 5.74) is 3.23. The molecule has 2 aromatic carbocycles. The Morgan fingerprint density at radius 2 is 1.61 bits per heavy atom. The molecule has 2 N–H and O–H groups in total. The Hall–Kier alpha value is -2.72. The molecule has 1 amide bonds. The number of aromatic nitrogens is 1. The number of benzene rings is 2. The van der Waals surface area contributed by atoms with Gasteiger partial charge in [-0.15, -0.1) is 11.3 Å². The fraction of sp³-hybridized carbons (Fsp3) is 0.0588. The van der Waals surface area contributed by atoms with Crippen LogP contribution in [0.5, 0.6) is 0 Å². The van der Waals surface area contributed by atoms with Crippen LogP contribution in [0.4, 0.5) is 27.6 Å². The Kier molecular flexibility index (Phi) is 5.80. The number of amides is 1. The molecule has 0 fully saturated rings. The summed E-state index contributed by atoms with van der Waals surface area (Å²) in [6.45, 7) is 0. The van der Waals surface area contributed by atoms with Gasteiger partial charge in [-0.25, -0.2) is 26.9 Å². The van der Waals surface area contributed by atoms with Crippen molar-refractivity contribution < 1.29 is 26.7 Å². The monoisotopic (exact) mass is 433 g/mol. The summed E-state index contributed by atoms with van der Waals surface area (Å²) in [5, 5.41) is 2.61. The molecule has 3 rings (SSSR count). The van der Waals surface area contributed by atoms with Gasteiger partial charge in [0.05, 0.1) is 17.1 Å². The Morgan fingerprint density at radius 1 is 1.00 bits per heavy atom. The zero-order valence-electron chi connectivity index (χ0n) is 13.6. The predicted molar refractivity (Wildman–Crippen MR) is 94.3 cm³/mol. The molecule has 0 bridgehead atoms. The van der Waals surface area contributed by atoms with Crippen molar-refractivity contribution in [3.8, 4) is 10.6 Å². The fourth-order valence-electron chi connectivity index (χ4n) is 2.20. The molecule has 0 atom stereocenters. The highest BCUT2D eigenvalue weighted by Crippen LogP contribution is 2.30. The number of hydrogen-bond acceptors (Lipinski definition) is 4. The number of halogens is 6. The fourth-order valence-corrected chi connectivity index (χ4v) is 3.34. The first-order valence-corrected chi connectivity index (χ1v) is 8.81. The molecular weight excluding hydrogens is 425 g/mol. The number of thiazole rings is 1. The van der Waals surface area contributed by atoms with Crippen molar-refractivity contribution in [2.75, 3.05) is 5.43 Å². The number of rotatable bonds is 5. The quantitative estimate of drug-likeness (QED) is 0.262. The lowest BCUT2D eigenvalue weighted by Gasteiger charge is -2.11. The normalized spacial score (nSPS) is 10.8. The molecule has 28 heavy (non-hydrogen) atoms. The van der Waals surface area contributed by atoms with Gasteiger partial charge in [0.25, 0.3) is 0 Å². The van der Waals surface area contributed by atoms with Crippen LogP contribution in [0.2, 0.25) is 5.02 Å². The van der Waals surface area contributed by atoms with Crippen LogP contribution in [0, 0.1) is 29.1 Å². The number of anilines is 1. The van der Waals surface area contributed by atoms with E-state index < -0.39 is 40.7 Å². The summed E-state index contributed by atoms with van der Waals surface area (Å²) in [7, 11) is 0. The largest absolute Gasteiger partial charge is 0.293 e. The van der Waals surface area contributed by atoms with Crippen LogP contribution in [0.25, 0.3) is 10.6 Å². The molecule has 0 saturated heterocycles. The second kappa shape index (κ2) is 8.11. The van der Waals surface area contributed by atoms with Crippen LogP contribution < -0.4 is 10.9 Å². The van der Waals surface area contributed by atoms with Crippen LogP contribution in [0.3, 0.4) is 0 Å². The first-order chi connectivity index (χ1) is 13.3. The van der Waals surface area contributed by atoms with E-state index in [4.69, 9.17) is 11.6 Å². The molecule has 0 aliphatic rings. The zero-order valence-corrected chi connectivity index (χ0v) is 15.2. The number of carbonyl (C=O) groups is 1. The Bertz CT molecular complexity index is 1030. The molecule has 3 aromatic rings. The second-order valence-corrected chi connectivity index (χ2v) is 6.68. The van der Waals surface area contributed by atoms with Crippen LogP contribution in [-0.4, -0.2) is 10.9 Å². The standard InChI is InChI=1S/C17H9ClF5N3OS/c18-9-4-2-1-3-8(9)17-24-7(6-28-17)5-10(27)25-26-16-14(22)12(20)11(19)13(21)15(16)23/h1-4,6,26H,5H2,(H,25,27). The van der Waals surface area contributed by atoms with E-state index >= 15 is 0 Å². The molecular formula is C17H9ClF5N3OS. The van der Waals surface area contributed by atoms with E-state index in [1.807, 2.05) is 5.43 Å². The highest BCUT2D eigenvalue weighted by molar-refractivity contribution is 7.13. The molecule has 4 nitrogen and oxygen atoms in total. The SMILES string of the molecule is O=C(Cc1csc(-c2ccccc2Cl)n1)NNc1c(F)c(F)c(F)c(F)c1F. The topological polar surface area (TPSA) is 54.0 Å². The van der Waals surface area contributed by atoms with Crippen molar-refractivity contribution in [2.45, 2.75) is 6.42 Å². The Balaban J connectivity index is 1.69. The van der Waals surface area contributed by atoms with Crippen molar-refractivity contribution >= 4 is 34.5 Å². The van der Waals surface area contributed by atoms with Crippen molar-refractivity contribution in [2.24, 2.45) is 0 Å². The first-order valence-electron chi connectivity index (χ1n) is 7.55. The molecule has 1 aromatic heterocycles. The minimum Gasteiger partial charge on any atom is -0.293 e. The van der Waals surface area contributed by atoms with Crippen molar-refractivity contribution in [1.29, 1.82) is 0 Å². The van der Waals surface area contributed by atoms with Crippen molar-refractivity contribution in [1.82, 2.24) is 10.4 Å². The van der Waals surface area contributed by atoms with E-state index in [1.165, 1.54) is 11.3 Å². The summed E-state index contributed by atoms with van der Waals surface area (Å²) in [5.74, 6) is -11.5. The van der Waals surface area contributed by atoms with Crippen LogP contribution >= 0.6 is 22.9 Å². The van der Waals surface area contributed by atoms with E-state index in [-0.39, 0.29) is 6.42 Å². The third-order valence-corrected chi connectivity index (χ3v) is 4.79. The lowest BCUT2D eigenvalue weighted by molar-refractivity contribution is -0.120. The number of nitrogens with one attached hydrogen (secondary N) is 2. The summed E-state index contributed by atoms with van der Waals surface area (Å²) in [6, 6.07) is 6.94. The molecule has 0 aliphatic heterocycles. The molecule has 1 heterocycles. The zero-order chi connectivity index (χ0) is 20.4. The molecule has 11 heteroatoms. The van der Waals surface area contributed by atoms with Gasteiger partial charge in [-0.2, -0.15) is 0 Å². The van der Waals surface area contributed by atoms with Crippen molar-refractivity contribution in [3.63, 3.8) is 0 Å². The number of hydrogen-bond donors (Lipinski definition) is 2. The molecule has 0 spiro atoms. The van der Waals surface area contributed by atoms with Crippen molar-refractivity contribution in [3.05, 3.63) is 69.4 Å². The summed E-state index contributed by atoms with van der Waals surface area (Å²) >= 11 is 7.30. The van der Waals surface area contributed by atoms with Gasteiger partial charge in [0.2, 0.25) is 11.7 Å². The predicted octanol–water partition coefficient (Wildman–Crippen LogP) is 4.84. The van der Waals surface area contributed by atoms with E-state index in [2.05, 4.69) is 4.98 Å². The smallest absolute Gasteiger partial charge is 0.244 e. The first kappa shape index (κ1) is 20.0. The van der Waals surface area contributed by atoms with E-state index in [9.17, 15) is 26.7 Å². The maximum Gasteiger partial charge on any atom is 0.244 e. The highest BCUT2D eigenvalue weighted by atomic mass is 35.5. The van der Waals surface area contributed by atoms with E-state index in [0.29, 0.717) is 21.3 Å². The number of carbonyl (C=O) groups excluding carboxylic acids is 1. The van der Waals surface area contributed by atoms with Gasteiger partial charge in [0.15, 0.2) is 23.3 Å². The number of nitrogens with zero attached hydrogens (tertiary/aromatic N) is 1. The molecule has 0 unspecified atom stereocenters. The summed E-state index contributed by atoms with van der Waals surface area (Å²) in [4.78, 5) is 16.2. The Labute approximate surface area is 163 Å². The van der Waals surface area contributed by atoms with Gasteiger partial charge in [-0.05, 0) is 6.07 Å². The lowest BCUT2D eigenvalue weighted by Crippen LogP contribution is -2.32. The van der Waals surface area contributed by atoms with E-state index in [0.717, 1.165) is 0 Å². The third kappa shape index (κ3) is 3.92. The average molecular weight is 434 g/mol. The average Bonchev–Trinajstić information content (AvgIpc) is 3.13. The van der Waals surface area contributed by atoms with Gasteiger partial charge >= 0.3 is 0 Å². The lowest BCUT2D eigenvalue weighted by atomic mass is 10.2. The minimum absolute atomic E-state index is 0.302. The van der Waals surface area contributed by atoms with Gasteiger partial charge in [0.1, 0.15) is 10.7 Å². The maximum absolute atomic E-state index is 13.6. The molecule has 0 saturated carbocycles. The maximum atomic E-state index is 13.6. The minimum atomic E-state index is -2.29. The molecule has 146 valence electrons. The van der Waals surface area contributed by atoms with Crippen LogP contribution in [0.1, 0.15) is 5.69 Å². The van der Waals surface area contributed by atoms with Gasteiger partial charge in [0, 0.05) is 10.9 Å². The summed E-state index contributed by atoms with van der Waals surface area (Å²) < 4.78 is 66.4. The second-order valence-electron chi connectivity index (χ2n) is 5.42. The highest BCUT2D eigenvalue weighted by Gasteiger charge is 2.26. The Morgan fingerprint density at radius 3 is 2.25 bits per heavy atom.